The molecule has 0 unspecified atom stereocenters. The van der Waals surface area contributed by atoms with E-state index in [1.165, 1.54) is 12.0 Å². The van der Waals surface area contributed by atoms with Crippen molar-refractivity contribution in [3.63, 3.8) is 0 Å². The van der Waals surface area contributed by atoms with Gasteiger partial charge in [0, 0.05) is 6.07 Å². The first kappa shape index (κ1) is 16.5. The lowest BCUT2D eigenvalue weighted by Gasteiger charge is -2.04. The monoisotopic (exact) mass is 338 g/mol. The summed E-state index contributed by atoms with van der Waals surface area (Å²) in [6.07, 6.45) is 5.23. The van der Waals surface area contributed by atoms with Crippen molar-refractivity contribution in [1.29, 1.82) is 0 Å². The van der Waals surface area contributed by atoms with Crippen molar-refractivity contribution in [3.05, 3.63) is 65.6 Å². The fourth-order valence-electron chi connectivity index (χ4n) is 2.57. The van der Waals surface area contributed by atoms with E-state index in [0.717, 1.165) is 22.7 Å². The van der Waals surface area contributed by atoms with Gasteiger partial charge < -0.3 is 4.74 Å². The Bertz CT molecular complexity index is 911. The Morgan fingerprint density at radius 1 is 1.28 bits per heavy atom. The molecule has 2 aromatic heterocycles. The van der Waals surface area contributed by atoms with E-state index in [4.69, 9.17) is 10.6 Å². The van der Waals surface area contributed by atoms with Gasteiger partial charge in [0.15, 0.2) is 12.3 Å². The summed E-state index contributed by atoms with van der Waals surface area (Å²) >= 11 is 0. The number of aryl methyl sites for hydroxylation is 2. The number of nitrogens with zero attached hydrogens (tertiary/aromatic N) is 3. The van der Waals surface area contributed by atoms with Crippen molar-refractivity contribution < 1.29 is 14.2 Å². The highest BCUT2D eigenvalue weighted by molar-refractivity contribution is 5.80. The minimum absolute atomic E-state index is 0.504. The lowest BCUT2D eigenvalue weighted by atomic mass is 10.2. The molecule has 2 heterocycles. The van der Waals surface area contributed by atoms with Crippen LogP contribution in [0.4, 0.5) is 0 Å². The van der Waals surface area contributed by atoms with Crippen molar-refractivity contribution in [3.8, 4) is 5.75 Å². The predicted molar refractivity (Wildman–Crippen MR) is 96.0 cm³/mol. The Hall–Kier alpha value is -3.35. The topological polar surface area (TPSA) is 82.6 Å². The van der Waals surface area contributed by atoms with Gasteiger partial charge in [0.1, 0.15) is 17.6 Å². The molecule has 0 aliphatic carbocycles. The third-order valence-electron chi connectivity index (χ3n) is 3.96. The summed E-state index contributed by atoms with van der Waals surface area (Å²) in [5.74, 6) is 5.90. The van der Waals surface area contributed by atoms with E-state index in [1.807, 2.05) is 31.3 Å². The summed E-state index contributed by atoms with van der Waals surface area (Å²) in [4.78, 5) is 0. The minimum Gasteiger partial charge on any atom is -0.485 e. The van der Waals surface area contributed by atoms with Crippen LogP contribution in [0, 0.1) is 6.92 Å². The number of benzene rings is 1. The Morgan fingerprint density at radius 3 is 2.80 bits per heavy atom. The van der Waals surface area contributed by atoms with Crippen LogP contribution in [0.5, 0.6) is 5.75 Å². The predicted octanol–water partition coefficient (Wildman–Crippen LogP) is -0.443. The van der Waals surface area contributed by atoms with E-state index in [2.05, 4.69) is 55.9 Å². The molecule has 0 atom stereocenters. The highest BCUT2D eigenvalue weighted by Gasteiger charge is 2.15. The summed E-state index contributed by atoms with van der Waals surface area (Å²) in [5, 5.41) is 6.32. The lowest BCUT2D eigenvalue weighted by molar-refractivity contribution is -0.518. The van der Waals surface area contributed by atoms with E-state index >= 15 is 0 Å². The van der Waals surface area contributed by atoms with Gasteiger partial charge in [0.2, 0.25) is 0 Å². The standard InChI is InChI=1S/C18H21N6O/c1-14-4-3-5-18-23(2)16(11-24(14)18)12-25-17-8-6-15(7-9-17)10-21-22-13-20-19/h3-11,13H,12,19H2,1-2H3,(H,20,22)/q+1/p+1/b21-10-. The van der Waals surface area contributed by atoms with Crippen molar-refractivity contribution in [2.45, 2.75) is 13.5 Å². The SMILES string of the molecule is Cc1cccc2n(C)c(COc3ccc(/C=N\NC=[NH+]N)cc3)c[n+]12. The number of hydrazone groups is 2. The summed E-state index contributed by atoms with van der Waals surface area (Å²) in [6.45, 7) is 2.60. The number of nitrogens with two attached hydrogens (primary N) is 1. The van der Waals surface area contributed by atoms with Crippen LogP contribution in [0.2, 0.25) is 0 Å². The molecule has 7 heteroatoms. The number of aromatic nitrogens is 2. The molecule has 1 aromatic carbocycles. The molecule has 0 bridgehead atoms. The summed E-state index contributed by atoms with van der Waals surface area (Å²) in [6, 6.07) is 14.0. The lowest BCUT2D eigenvalue weighted by Crippen LogP contribution is -2.78. The van der Waals surface area contributed by atoms with Gasteiger partial charge >= 0.3 is 0 Å². The number of hydrazine groups is 1. The van der Waals surface area contributed by atoms with Crippen LogP contribution in [0.15, 0.2) is 53.8 Å². The number of hydrogen-bond acceptors (Lipinski definition) is 3. The Morgan fingerprint density at radius 2 is 2.08 bits per heavy atom. The van der Waals surface area contributed by atoms with Gasteiger partial charge in [-0.25, -0.2) is 4.57 Å². The zero-order chi connectivity index (χ0) is 17.6. The van der Waals surface area contributed by atoms with Crippen molar-refractivity contribution in [1.82, 2.24) is 9.99 Å². The maximum absolute atomic E-state index is 5.91. The van der Waals surface area contributed by atoms with E-state index in [1.54, 1.807) is 6.21 Å². The van der Waals surface area contributed by atoms with Crippen molar-refractivity contribution in [2.75, 3.05) is 0 Å². The average molecular weight is 338 g/mol. The first-order valence-electron chi connectivity index (χ1n) is 7.94. The molecule has 0 spiro atoms. The number of rotatable bonds is 6. The Labute approximate surface area is 146 Å². The Balaban J connectivity index is 1.67. The van der Waals surface area contributed by atoms with Gasteiger partial charge in [-0.3, -0.25) is 5.84 Å². The molecule has 0 fully saturated rings. The highest BCUT2D eigenvalue weighted by atomic mass is 16.5. The quantitative estimate of drug-likeness (QED) is 0.187. The van der Waals surface area contributed by atoms with E-state index in [0.29, 0.717) is 6.61 Å². The summed E-state index contributed by atoms with van der Waals surface area (Å²) in [7, 11) is 2.05. The third kappa shape index (κ3) is 3.77. The zero-order valence-corrected chi connectivity index (χ0v) is 14.3. The van der Waals surface area contributed by atoms with Gasteiger partial charge in [-0.2, -0.15) is 14.9 Å². The second-order valence-corrected chi connectivity index (χ2v) is 5.63. The molecular weight excluding hydrogens is 316 g/mol. The molecule has 3 rings (SSSR count). The van der Waals surface area contributed by atoms with E-state index in [-0.39, 0.29) is 0 Å². The highest BCUT2D eigenvalue weighted by Crippen LogP contribution is 2.14. The largest absolute Gasteiger partial charge is 0.485 e. The maximum atomic E-state index is 5.91. The maximum Gasteiger partial charge on any atom is 0.286 e. The first-order valence-corrected chi connectivity index (χ1v) is 7.94. The van der Waals surface area contributed by atoms with Crippen LogP contribution < -0.4 is 25.5 Å². The van der Waals surface area contributed by atoms with Crippen molar-refractivity contribution >= 4 is 18.2 Å². The van der Waals surface area contributed by atoms with Crippen LogP contribution in [-0.2, 0) is 13.7 Å². The second kappa shape index (κ2) is 7.48. The fourth-order valence-corrected chi connectivity index (χ4v) is 2.57. The molecule has 0 aliphatic heterocycles. The van der Waals surface area contributed by atoms with Crippen molar-refractivity contribution in [2.24, 2.45) is 18.0 Å². The number of ether oxygens (including phenoxy) is 1. The zero-order valence-electron chi connectivity index (χ0n) is 14.3. The van der Waals surface area contributed by atoms with Crippen LogP contribution in [-0.4, -0.2) is 17.1 Å². The smallest absolute Gasteiger partial charge is 0.286 e. The fraction of sp³-hybridized carbons (Fsp3) is 0.167. The molecule has 7 nitrogen and oxygen atoms in total. The van der Waals surface area contributed by atoms with Gasteiger partial charge in [0.25, 0.3) is 12.0 Å². The molecule has 25 heavy (non-hydrogen) atoms. The van der Waals surface area contributed by atoms with Crippen LogP contribution in [0.1, 0.15) is 17.0 Å². The molecule has 0 amide bonds. The van der Waals surface area contributed by atoms with Gasteiger partial charge in [-0.05, 0) is 42.8 Å². The molecule has 128 valence electrons. The first-order chi connectivity index (χ1) is 12.2. The molecule has 0 aliphatic rings. The Kier molecular flexibility index (Phi) is 4.94. The summed E-state index contributed by atoms with van der Waals surface area (Å²) in [5.41, 5.74) is 7.04. The molecule has 4 N–H and O–H groups in total. The van der Waals surface area contributed by atoms with Crippen LogP contribution >= 0.6 is 0 Å². The van der Waals surface area contributed by atoms with Gasteiger partial charge in [0.05, 0.1) is 13.3 Å². The molecular formula is C18H22N6O+2. The molecule has 0 saturated heterocycles. The van der Waals surface area contributed by atoms with E-state index < -0.39 is 0 Å². The normalized spacial score (nSPS) is 11.6. The van der Waals surface area contributed by atoms with Gasteiger partial charge in [-0.15, -0.1) is 0 Å². The summed E-state index contributed by atoms with van der Waals surface area (Å²) < 4.78 is 10.2. The van der Waals surface area contributed by atoms with Crippen LogP contribution in [0.25, 0.3) is 5.65 Å². The van der Waals surface area contributed by atoms with E-state index in [9.17, 15) is 0 Å². The number of hydrogen-bond donors (Lipinski definition) is 3. The number of imidazole rings is 1. The minimum atomic E-state index is 0.504. The van der Waals surface area contributed by atoms with Gasteiger partial charge in [-0.1, -0.05) is 11.2 Å². The molecule has 0 radical (unpaired) electrons. The second-order valence-electron chi connectivity index (χ2n) is 5.63. The average Bonchev–Trinajstić information content (AvgIpc) is 2.96. The molecule has 0 saturated carbocycles. The number of pyridine rings is 1. The third-order valence-corrected chi connectivity index (χ3v) is 3.96. The number of nitrogens with one attached hydrogen (secondary N) is 2. The molecule has 3 aromatic rings. The van der Waals surface area contributed by atoms with Crippen LogP contribution in [0.3, 0.4) is 0 Å². The number of fused-ring (bicyclic) bond motifs is 1.